The van der Waals surface area contributed by atoms with Gasteiger partial charge in [-0.25, -0.2) is 18.9 Å². The maximum Gasteiger partial charge on any atom is 0.303 e. The standard InChI is InChI=1S/C29H30FN7O3/c1-19(38)40-18-29(39)32-22-12-14-35(17-22)27-9-3-7-23(33-27)25-16-31-26-10-11-28(34-37(25)26)36-13-4-8-24(36)20-5-2-6-21(30)15-20/h2-3,5-7,9-11,15-16,22,24H,4,8,12-14,17-18H2,1H3,(H,32,39)/t22-,24-/m1/s1. The first-order valence-corrected chi connectivity index (χ1v) is 13.5. The molecule has 2 fully saturated rings. The lowest BCUT2D eigenvalue weighted by Crippen LogP contribution is -2.39. The Morgan fingerprint density at radius 3 is 2.80 bits per heavy atom. The van der Waals surface area contributed by atoms with E-state index in [4.69, 9.17) is 14.8 Å². The van der Waals surface area contributed by atoms with Crippen LogP contribution >= 0.6 is 0 Å². The van der Waals surface area contributed by atoms with Crippen molar-refractivity contribution in [2.24, 2.45) is 0 Å². The molecule has 5 heterocycles. The molecule has 11 heteroatoms. The molecular formula is C29H30FN7O3. The van der Waals surface area contributed by atoms with Crippen LogP contribution in [0, 0.1) is 5.82 Å². The minimum Gasteiger partial charge on any atom is -0.456 e. The molecule has 1 amide bonds. The molecule has 2 atom stereocenters. The Hall–Kier alpha value is -4.54. The van der Waals surface area contributed by atoms with Gasteiger partial charge in [-0.15, -0.1) is 5.10 Å². The van der Waals surface area contributed by atoms with Gasteiger partial charge >= 0.3 is 5.97 Å². The van der Waals surface area contributed by atoms with Crippen molar-refractivity contribution >= 4 is 29.2 Å². The van der Waals surface area contributed by atoms with Crippen molar-refractivity contribution in [1.29, 1.82) is 0 Å². The molecule has 206 valence electrons. The van der Waals surface area contributed by atoms with Gasteiger partial charge in [-0.2, -0.15) is 0 Å². The summed E-state index contributed by atoms with van der Waals surface area (Å²) in [5, 5.41) is 7.86. The fourth-order valence-electron chi connectivity index (χ4n) is 5.56. The summed E-state index contributed by atoms with van der Waals surface area (Å²) in [6, 6.07) is 16.5. The molecule has 4 aromatic rings. The van der Waals surface area contributed by atoms with Gasteiger partial charge in [-0.3, -0.25) is 9.59 Å². The van der Waals surface area contributed by atoms with Crippen molar-refractivity contribution in [3.05, 3.63) is 72.2 Å². The summed E-state index contributed by atoms with van der Waals surface area (Å²) in [4.78, 5) is 36.8. The molecule has 2 aliphatic rings. The predicted octanol–water partition coefficient (Wildman–Crippen LogP) is 3.53. The van der Waals surface area contributed by atoms with Crippen LogP contribution in [0.1, 0.15) is 37.8 Å². The molecule has 0 aliphatic carbocycles. The second-order valence-corrected chi connectivity index (χ2v) is 10.2. The van der Waals surface area contributed by atoms with Gasteiger partial charge in [0.2, 0.25) is 0 Å². The normalized spacial score (nSPS) is 18.9. The lowest BCUT2D eigenvalue weighted by atomic mass is 10.0. The number of benzene rings is 1. The number of aromatic nitrogens is 4. The van der Waals surface area contributed by atoms with Gasteiger partial charge in [-0.1, -0.05) is 18.2 Å². The maximum absolute atomic E-state index is 13.9. The average Bonchev–Trinajstić information content (AvgIpc) is 3.71. The molecule has 0 spiro atoms. The molecule has 6 rings (SSSR count). The highest BCUT2D eigenvalue weighted by Gasteiger charge is 2.28. The Kier molecular flexibility index (Phi) is 7.02. The van der Waals surface area contributed by atoms with Gasteiger partial charge in [0.15, 0.2) is 12.3 Å². The number of anilines is 2. The predicted molar refractivity (Wildman–Crippen MR) is 147 cm³/mol. The van der Waals surface area contributed by atoms with Crippen LogP contribution in [-0.2, 0) is 14.3 Å². The molecule has 1 aromatic carbocycles. The summed E-state index contributed by atoms with van der Waals surface area (Å²) in [6.07, 6.45) is 4.47. The number of imidazole rings is 1. The number of halogens is 1. The lowest BCUT2D eigenvalue weighted by molar-refractivity contribution is -0.146. The van der Waals surface area contributed by atoms with E-state index in [1.165, 1.54) is 13.0 Å². The summed E-state index contributed by atoms with van der Waals surface area (Å²) in [5.41, 5.74) is 3.17. The fraction of sp³-hybridized carbons (Fsp3) is 0.345. The number of carbonyl (C=O) groups excluding carboxylic acids is 2. The summed E-state index contributed by atoms with van der Waals surface area (Å²) in [6.45, 7) is 3.18. The number of nitrogens with one attached hydrogen (secondary N) is 1. The summed E-state index contributed by atoms with van der Waals surface area (Å²) < 4.78 is 20.5. The molecular weight excluding hydrogens is 513 g/mol. The number of rotatable bonds is 7. The zero-order valence-electron chi connectivity index (χ0n) is 22.2. The van der Waals surface area contributed by atoms with E-state index in [0.29, 0.717) is 12.2 Å². The first kappa shape index (κ1) is 25.7. The zero-order chi connectivity index (χ0) is 27.6. The van der Waals surface area contributed by atoms with Crippen molar-refractivity contribution in [1.82, 2.24) is 24.9 Å². The van der Waals surface area contributed by atoms with Crippen molar-refractivity contribution in [3.8, 4) is 11.4 Å². The highest BCUT2D eigenvalue weighted by atomic mass is 19.1. The Balaban J connectivity index is 1.21. The van der Waals surface area contributed by atoms with Gasteiger partial charge in [0.05, 0.1) is 17.9 Å². The molecule has 1 N–H and O–H groups in total. The van der Waals surface area contributed by atoms with E-state index in [0.717, 1.165) is 60.9 Å². The van der Waals surface area contributed by atoms with Gasteiger partial charge < -0.3 is 19.9 Å². The van der Waals surface area contributed by atoms with Crippen LogP contribution in [0.2, 0.25) is 0 Å². The van der Waals surface area contributed by atoms with E-state index in [2.05, 4.69) is 20.1 Å². The van der Waals surface area contributed by atoms with Crippen molar-refractivity contribution in [3.63, 3.8) is 0 Å². The first-order valence-electron chi connectivity index (χ1n) is 13.5. The zero-order valence-corrected chi connectivity index (χ0v) is 22.2. The van der Waals surface area contributed by atoms with Crippen LogP contribution in [0.15, 0.2) is 60.8 Å². The minimum absolute atomic E-state index is 0.0555. The van der Waals surface area contributed by atoms with E-state index >= 15 is 0 Å². The third kappa shape index (κ3) is 5.31. The van der Waals surface area contributed by atoms with Crippen LogP contribution in [-0.4, -0.2) is 63.7 Å². The number of pyridine rings is 1. The number of hydrogen-bond donors (Lipinski definition) is 1. The third-order valence-electron chi connectivity index (χ3n) is 7.41. The van der Waals surface area contributed by atoms with Crippen LogP contribution < -0.4 is 15.1 Å². The van der Waals surface area contributed by atoms with Gasteiger partial charge in [-0.05, 0) is 61.2 Å². The van der Waals surface area contributed by atoms with Crippen LogP contribution in [0.4, 0.5) is 16.0 Å². The molecule has 3 aromatic heterocycles. The number of carbonyl (C=O) groups is 2. The minimum atomic E-state index is -0.481. The van der Waals surface area contributed by atoms with E-state index < -0.39 is 5.97 Å². The van der Waals surface area contributed by atoms with E-state index in [1.54, 1.807) is 18.3 Å². The quantitative estimate of drug-likeness (QED) is 0.353. The molecule has 0 unspecified atom stereocenters. The maximum atomic E-state index is 13.9. The number of hydrogen-bond acceptors (Lipinski definition) is 8. The molecule has 2 aliphatic heterocycles. The van der Waals surface area contributed by atoms with Gasteiger partial charge in [0.1, 0.15) is 23.1 Å². The molecule has 2 saturated heterocycles. The van der Waals surface area contributed by atoms with Crippen LogP contribution in [0.5, 0.6) is 0 Å². The lowest BCUT2D eigenvalue weighted by Gasteiger charge is -2.26. The second kappa shape index (κ2) is 10.9. The largest absolute Gasteiger partial charge is 0.456 e. The van der Waals surface area contributed by atoms with E-state index in [9.17, 15) is 14.0 Å². The van der Waals surface area contributed by atoms with Gasteiger partial charge in [0, 0.05) is 32.6 Å². The summed E-state index contributed by atoms with van der Waals surface area (Å²) in [5.74, 6) is 0.580. The van der Waals surface area contributed by atoms with E-state index in [1.807, 2.05) is 40.9 Å². The molecule has 0 bridgehead atoms. The number of nitrogens with zero attached hydrogens (tertiary/aromatic N) is 6. The molecule has 10 nitrogen and oxygen atoms in total. The topological polar surface area (TPSA) is 105 Å². The number of fused-ring (bicyclic) bond motifs is 1. The van der Waals surface area contributed by atoms with Crippen molar-refractivity contribution in [2.75, 3.05) is 36.0 Å². The average molecular weight is 544 g/mol. The fourth-order valence-corrected chi connectivity index (χ4v) is 5.56. The molecule has 0 saturated carbocycles. The molecule has 0 radical (unpaired) electrons. The van der Waals surface area contributed by atoms with Gasteiger partial charge in [0.25, 0.3) is 5.91 Å². The van der Waals surface area contributed by atoms with Crippen LogP contribution in [0.3, 0.4) is 0 Å². The van der Waals surface area contributed by atoms with E-state index in [-0.39, 0.29) is 30.4 Å². The van der Waals surface area contributed by atoms with Crippen molar-refractivity contribution < 1.29 is 18.7 Å². The Bertz CT molecular complexity index is 1560. The number of esters is 1. The summed E-state index contributed by atoms with van der Waals surface area (Å²) in [7, 11) is 0. The summed E-state index contributed by atoms with van der Waals surface area (Å²) >= 11 is 0. The SMILES string of the molecule is CC(=O)OCC(=O)N[C@@H]1CCN(c2cccc(-c3cnc4ccc(N5CCC[C@@H]5c5cccc(F)c5)nn34)n2)C1. The Morgan fingerprint density at radius 2 is 1.95 bits per heavy atom. The highest BCUT2D eigenvalue weighted by molar-refractivity contribution is 5.80. The van der Waals surface area contributed by atoms with Crippen LogP contribution in [0.25, 0.3) is 17.0 Å². The Labute approximate surface area is 230 Å². The highest BCUT2D eigenvalue weighted by Crippen LogP contribution is 2.36. The van der Waals surface area contributed by atoms with Crippen molar-refractivity contribution in [2.45, 2.75) is 38.3 Å². The molecule has 40 heavy (non-hydrogen) atoms. The number of amides is 1. The number of ether oxygens (including phenoxy) is 1. The monoisotopic (exact) mass is 543 g/mol. The Morgan fingerprint density at radius 1 is 1.07 bits per heavy atom. The smallest absolute Gasteiger partial charge is 0.303 e. The second-order valence-electron chi connectivity index (χ2n) is 10.2. The first-order chi connectivity index (χ1) is 19.4. The third-order valence-corrected chi connectivity index (χ3v) is 7.41.